The molecule has 0 bridgehead atoms. The Morgan fingerprint density at radius 1 is 1.09 bits per heavy atom. The van der Waals surface area contributed by atoms with Crippen LogP contribution in [0.4, 0.5) is 5.69 Å². The van der Waals surface area contributed by atoms with E-state index in [4.69, 9.17) is 23.2 Å². The third-order valence-corrected chi connectivity index (χ3v) is 6.82. The number of aromatic nitrogens is 3. The molecule has 0 aliphatic rings. The lowest BCUT2D eigenvalue weighted by Gasteiger charge is -2.22. The number of amides is 2. The first-order valence-electron chi connectivity index (χ1n) is 10.9. The molecule has 0 saturated carbocycles. The van der Waals surface area contributed by atoms with E-state index in [0.717, 1.165) is 12.1 Å². The number of nitrogens with zero attached hydrogens (tertiary/aromatic N) is 3. The molecule has 2 aromatic carbocycles. The highest BCUT2D eigenvalue weighted by Gasteiger charge is 2.26. The van der Waals surface area contributed by atoms with E-state index >= 15 is 0 Å². The number of benzene rings is 2. The van der Waals surface area contributed by atoms with Gasteiger partial charge < -0.3 is 15.2 Å². The molecule has 180 valence electrons. The number of anilines is 1. The summed E-state index contributed by atoms with van der Waals surface area (Å²) in [5.41, 5.74) is 2.30. The summed E-state index contributed by atoms with van der Waals surface area (Å²) in [6.07, 6.45) is 0.948. The normalized spacial score (nSPS) is 12.0. The summed E-state index contributed by atoms with van der Waals surface area (Å²) in [6.45, 7) is 6.04. The quantitative estimate of drug-likeness (QED) is 0.362. The van der Waals surface area contributed by atoms with E-state index in [9.17, 15) is 9.59 Å². The average molecular weight is 520 g/mol. The minimum absolute atomic E-state index is 0.0326. The number of rotatable bonds is 9. The first-order chi connectivity index (χ1) is 16.2. The average Bonchev–Trinajstić information content (AvgIpc) is 3.16. The summed E-state index contributed by atoms with van der Waals surface area (Å²) in [7, 11) is 1.82. The van der Waals surface area contributed by atoms with Gasteiger partial charge in [0.05, 0.1) is 22.4 Å². The number of hydrogen-bond donors (Lipinski definition) is 2. The summed E-state index contributed by atoms with van der Waals surface area (Å²) in [6, 6.07) is 12.1. The first kappa shape index (κ1) is 26.1. The Morgan fingerprint density at radius 3 is 2.41 bits per heavy atom. The molecule has 0 aliphatic heterocycles. The maximum atomic E-state index is 12.9. The van der Waals surface area contributed by atoms with E-state index in [2.05, 4.69) is 27.8 Å². The van der Waals surface area contributed by atoms with Crippen LogP contribution in [0.15, 0.2) is 47.6 Å². The lowest BCUT2D eigenvalue weighted by molar-refractivity contribution is -0.113. The van der Waals surface area contributed by atoms with E-state index in [1.54, 1.807) is 16.7 Å². The van der Waals surface area contributed by atoms with E-state index in [-0.39, 0.29) is 28.5 Å². The third kappa shape index (κ3) is 6.52. The van der Waals surface area contributed by atoms with Crippen LogP contribution in [0.1, 0.15) is 48.6 Å². The number of thioether (sulfide) groups is 1. The van der Waals surface area contributed by atoms with Gasteiger partial charge in [-0.2, -0.15) is 0 Å². The highest BCUT2D eigenvalue weighted by atomic mass is 35.5. The van der Waals surface area contributed by atoms with Gasteiger partial charge in [0.1, 0.15) is 0 Å². The fraction of sp³-hybridized carbons (Fsp3) is 0.333. The molecule has 7 nitrogen and oxygen atoms in total. The first-order valence-corrected chi connectivity index (χ1v) is 12.6. The zero-order chi connectivity index (χ0) is 24.8. The molecule has 0 unspecified atom stereocenters. The van der Waals surface area contributed by atoms with Crippen molar-refractivity contribution in [3.05, 3.63) is 69.5 Å². The van der Waals surface area contributed by atoms with Crippen LogP contribution in [0.25, 0.3) is 0 Å². The minimum Gasteiger partial charge on any atom is -0.342 e. The van der Waals surface area contributed by atoms with Crippen LogP contribution < -0.4 is 10.6 Å². The number of carbonyl (C=O) groups excluding carboxylic acids is 2. The van der Waals surface area contributed by atoms with Crippen molar-refractivity contribution in [2.75, 3.05) is 11.1 Å². The van der Waals surface area contributed by atoms with Gasteiger partial charge in [0, 0.05) is 17.8 Å². The molecule has 34 heavy (non-hydrogen) atoms. The maximum Gasteiger partial charge on any atom is 0.253 e. The molecule has 3 rings (SSSR count). The van der Waals surface area contributed by atoms with Crippen LogP contribution in [0.5, 0.6) is 0 Å². The van der Waals surface area contributed by atoms with Crippen LogP contribution in [0, 0.1) is 5.92 Å². The van der Waals surface area contributed by atoms with Gasteiger partial charge in [0.2, 0.25) is 5.91 Å². The van der Waals surface area contributed by atoms with Crippen molar-refractivity contribution in [1.82, 2.24) is 20.1 Å². The number of hydrogen-bond acceptors (Lipinski definition) is 5. The van der Waals surface area contributed by atoms with Gasteiger partial charge >= 0.3 is 0 Å². The van der Waals surface area contributed by atoms with Crippen LogP contribution in [0.3, 0.4) is 0 Å². The van der Waals surface area contributed by atoms with Crippen molar-refractivity contribution in [1.29, 1.82) is 0 Å². The standard InChI is InChI=1S/C24H27Cl2N5O2S/c1-5-15-6-9-17(10-7-15)27-20(32)13-34-24-30-29-22(31(24)4)21(14(2)3)28-23(33)18-11-8-16(25)12-19(18)26/h6-12,14,21H,5,13H2,1-4H3,(H,27,32)(H,28,33)/t21-/m0/s1. The highest BCUT2D eigenvalue weighted by molar-refractivity contribution is 7.99. The third-order valence-electron chi connectivity index (χ3n) is 5.25. The topological polar surface area (TPSA) is 88.9 Å². The number of halogens is 2. The number of carbonyl (C=O) groups is 2. The molecule has 3 aromatic rings. The second-order valence-electron chi connectivity index (χ2n) is 8.11. The predicted molar refractivity (Wildman–Crippen MR) is 138 cm³/mol. The number of aryl methyl sites for hydroxylation is 1. The van der Waals surface area contributed by atoms with E-state index in [1.807, 2.05) is 45.2 Å². The van der Waals surface area contributed by atoms with Gasteiger partial charge in [0.15, 0.2) is 11.0 Å². The van der Waals surface area contributed by atoms with Crippen molar-refractivity contribution in [2.24, 2.45) is 13.0 Å². The molecular weight excluding hydrogens is 493 g/mol. The Morgan fingerprint density at radius 2 is 1.79 bits per heavy atom. The zero-order valence-electron chi connectivity index (χ0n) is 19.4. The van der Waals surface area contributed by atoms with E-state index < -0.39 is 6.04 Å². The lowest BCUT2D eigenvalue weighted by atomic mass is 10.0. The van der Waals surface area contributed by atoms with Gasteiger partial charge in [-0.1, -0.05) is 67.9 Å². The van der Waals surface area contributed by atoms with Crippen LogP contribution >= 0.6 is 35.0 Å². The summed E-state index contributed by atoms with van der Waals surface area (Å²) < 4.78 is 1.79. The largest absolute Gasteiger partial charge is 0.342 e. The molecule has 0 radical (unpaired) electrons. The summed E-state index contributed by atoms with van der Waals surface area (Å²) in [5.74, 6) is 0.341. The van der Waals surface area contributed by atoms with Crippen LogP contribution in [-0.2, 0) is 18.3 Å². The van der Waals surface area contributed by atoms with E-state index in [1.165, 1.54) is 23.4 Å². The molecule has 0 fully saturated rings. The van der Waals surface area contributed by atoms with Gasteiger partial charge in [-0.15, -0.1) is 10.2 Å². The van der Waals surface area contributed by atoms with Crippen molar-refractivity contribution < 1.29 is 9.59 Å². The molecule has 1 heterocycles. The smallest absolute Gasteiger partial charge is 0.253 e. The van der Waals surface area contributed by atoms with Gasteiger partial charge in [-0.3, -0.25) is 9.59 Å². The fourth-order valence-corrected chi connectivity index (χ4v) is 4.51. The Balaban J connectivity index is 1.66. The molecule has 0 saturated heterocycles. The number of nitrogens with one attached hydrogen (secondary N) is 2. The molecule has 1 atom stereocenters. The van der Waals surface area contributed by atoms with Gasteiger partial charge in [-0.05, 0) is 48.2 Å². The van der Waals surface area contributed by atoms with Crippen molar-refractivity contribution in [3.63, 3.8) is 0 Å². The predicted octanol–water partition coefficient (Wildman–Crippen LogP) is 5.54. The SMILES string of the molecule is CCc1ccc(NC(=O)CSc2nnc([C@@H](NC(=O)c3ccc(Cl)cc3Cl)C(C)C)n2C)cc1. The summed E-state index contributed by atoms with van der Waals surface area (Å²) in [4.78, 5) is 25.2. The van der Waals surface area contributed by atoms with Gasteiger partial charge in [-0.25, -0.2) is 0 Å². The van der Waals surface area contributed by atoms with Crippen LogP contribution in [0.2, 0.25) is 10.0 Å². The zero-order valence-corrected chi connectivity index (χ0v) is 21.8. The lowest BCUT2D eigenvalue weighted by Crippen LogP contribution is -2.33. The van der Waals surface area contributed by atoms with Crippen molar-refractivity contribution in [2.45, 2.75) is 38.4 Å². The molecule has 2 amide bonds. The van der Waals surface area contributed by atoms with E-state index in [0.29, 0.717) is 21.6 Å². The highest BCUT2D eigenvalue weighted by Crippen LogP contribution is 2.26. The molecule has 10 heteroatoms. The molecule has 1 aromatic heterocycles. The Bertz CT molecular complexity index is 1160. The molecule has 2 N–H and O–H groups in total. The minimum atomic E-state index is -0.406. The molecule has 0 spiro atoms. The van der Waals surface area contributed by atoms with Crippen molar-refractivity contribution >= 4 is 52.5 Å². The monoisotopic (exact) mass is 519 g/mol. The molecular formula is C24H27Cl2N5O2S. The maximum absolute atomic E-state index is 12.9. The summed E-state index contributed by atoms with van der Waals surface area (Å²) >= 11 is 13.4. The Labute approximate surface area is 213 Å². The fourth-order valence-electron chi connectivity index (χ4n) is 3.30. The van der Waals surface area contributed by atoms with Crippen molar-refractivity contribution in [3.8, 4) is 0 Å². The second-order valence-corrected chi connectivity index (χ2v) is 9.89. The Hall–Kier alpha value is -2.55. The second kappa shape index (κ2) is 11.7. The molecule has 0 aliphatic carbocycles. The van der Waals surface area contributed by atoms with Gasteiger partial charge in [0.25, 0.3) is 5.91 Å². The Kier molecular flexibility index (Phi) is 8.99. The van der Waals surface area contributed by atoms with Crippen LogP contribution in [-0.4, -0.2) is 32.3 Å². The summed E-state index contributed by atoms with van der Waals surface area (Å²) in [5, 5.41) is 15.7.